The average molecular weight is 288 g/mol. The summed E-state index contributed by atoms with van der Waals surface area (Å²) in [5.41, 5.74) is 5.38. The van der Waals surface area contributed by atoms with Crippen LogP contribution in [-0.2, 0) is 6.42 Å². The quantitative estimate of drug-likeness (QED) is 0.816. The Morgan fingerprint density at radius 3 is 2.88 bits per heavy atom. The van der Waals surface area contributed by atoms with Gasteiger partial charge in [0.2, 0.25) is 0 Å². The second-order valence-corrected chi connectivity index (χ2v) is 5.53. The van der Waals surface area contributed by atoms with Crippen LogP contribution in [0.5, 0.6) is 0 Å². The van der Waals surface area contributed by atoms with E-state index in [0.29, 0.717) is 6.04 Å². The van der Waals surface area contributed by atoms with Crippen molar-refractivity contribution in [2.45, 2.75) is 19.4 Å². The Hall–Kier alpha value is -1.28. The topological polar surface area (TPSA) is 12.0 Å². The summed E-state index contributed by atoms with van der Waals surface area (Å²) in [4.78, 5) is 0. The standard InChI is InChI=1S/C15H14BrN/c1-10-5-6-14-12(7-10)9-15(17-14)11-3-2-4-13(16)8-11/h2-8,15,17H,9H2,1H3. The third-order valence-electron chi connectivity index (χ3n) is 3.27. The predicted octanol–water partition coefficient (Wildman–Crippen LogP) is 4.47. The van der Waals surface area contributed by atoms with Gasteiger partial charge < -0.3 is 5.32 Å². The van der Waals surface area contributed by atoms with Crippen molar-refractivity contribution in [2.75, 3.05) is 5.32 Å². The first-order chi connectivity index (χ1) is 8.22. The Morgan fingerprint density at radius 2 is 2.06 bits per heavy atom. The molecule has 1 atom stereocenters. The lowest BCUT2D eigenvalue weighted by Gasteiger charge is -2.11. The second kappa shape index (κ2) is 4.19. The third-order valence-corrected chi connectivity index (χ3v) is 3.76. The molecule has 17 heavy (non-hydrogen) atoms. The van der Waals surface area contributed by atoms with Crippen LogP contribution >= 0.6 is 15.9 Å². The Morgan fingerprint density at radius 1 is 1.18 bits per heavy atom. The number of hydrogen-bond donors (Lipinski definition) is 1. The average Bonchev–Trinajstić information content (AvgIpc) is 2.72. The van der Waals surface area contributed by atoms with Crippen LogP contribution in [0.3, 0.4) is 0 Å². The summed E-state index contributed by atoms with van der Waals surface area (Å²) in [6.07, 6.45) is 1.08. The van der Waals surface area contributed by atoms with E-state index < -0.39 is 0 Å². The third kappa shape index (κ3) is 2.09. The molecule has 1 N–H and O–H groups in total. The maximum Gasteiger partial charge on any atom is 0.0555 e. The Balaban J connectivity index is 1.91. The molecule has 0 fully saturated rings. The maximum absolute atomic E-state index is 3.58. The molecule has 3 rings (SSSR count). The molecule has 0 aromatic heterocycles. The molecule has 0 bridgehead atoms. The first kappa shape index (κ1) is 10.8. The molecular formula is C15H14BrN. The van der Waals surface area contributed by atoms with Gasteiger partial charge in [-0.3, -0.25) is 0 Å². The largest absolute Gasteiger partial charge is 0.378 e. The van der Waals surface area contributed by atoms with E-state index in [1.165, 1.54) is 22.4 Å². The molecule has 1 heterocycles. The Labute approximate surface area is 110 Å². The zero-order valence-corrected chi connectivity index (χ0v) is 11.3. The van der Waals surface area contributed by atoms with Gasteiger partial charge in [0.25, 0.3) is 0 Å². The lowest BCUT2D eigenvalue weighted by Crippen LogP contribution is -2.05. The lowest BCUT2D eigenvalue weighted by molar-refractivity contribution is 0.823. The normalized spacial score (nSPS) is 17.6. The highest BCUT2D eigenvalue weighted by molar-refractivity contribution is 9.10. The van der Waals surface area contributed by atoms with Gasteiger partial charge in [-0.1, -0.05) is 45.8 Å². The molecule has 1 aliphatic heterocycles. The van der Waals surface area contributed by atoms with Gasteiger partial charge in [0, 0.05) is 10.2 Å². The van der Waals surface area contributed by atoms with Gasteiger partial charge in [-0.15, -0.1) is 0 Å². The van der Waals surface area contributed by atoms with E-state index in [4.69, 9.17) is 0 Å². The molecule has 2 aromatic rings. The molecule has 0 radical (unpaired) electrons. The molecule has 1 unspecified atom stereocenters. The van der Waals surface area contributed by atoms with E-state index in [0.717, 1.165) is 10.9 Å². The van der Waals surface area contributed by atoms with Crippen molar-refractivity contribution in [3.8, 4) is 0 Å². The van der Waals surface area contributed by atoms with Crippen LogP contribution in [0.25, 0.3) is 0 Å². The van der Waals surface area contributed by atoms with Crippen molar-refractivity contribution in [2.24, 2.45) is 0 Å². The number of anilines is 1. The lowest BCUT2D eigenvalue weighted by atomic mass is 10.0. The van der Waals surface area contributed by atoms with Crippen LogP contribution in [0.15, 0.2) is 46.9 Å². The molecule has 0 saturated carbocycles. The minimum atomic E-state index is 0.407. The minimum Gasteiger partial charge on any atom is -0.378 e. The highest BCUT2D eigenvalue weighted by atomic mass is 79.9. The van der Waals surface area contributed by atoms with Crippen molar-refractivity contribution in [3.05, 3.63) is 63.6 Å². The number of hydrogen-bond acceptors (Lipinski definition) is 1. The predicted molar refractivity (Wildman–Crippen MR) is 75.4 cm³/mol. The van der Waals surface area contributed by atoms with E-state index in [1.54, 1.807) is 0 Å². The van der Waals surface area contributed by atoms with E-state index >= 15 is 0 Å². The van der Waals surface area contributed by atoms with Crippen molar-refractivity contribution in [1.82, 2.24) is 0 Å². The fourth-order valence-electron chi connectivity index (χ4n) is 2.42. The molecule has 2 aromatic carbocycles. The zero-order chi connectivity index (χ0) is 11.8. The van der Waals surface area contributed by atoms with Crippen LogP contribution < -0.4 is 5.32 Å². The number of aryl methyl sites for hydroxylation is 1. The maximum atomic E-state index is 3.58. The monoisotopic (exact) mass is 287 g/mol. The molecular weight excluding hydrogens is 274 g/mol. The number of nitrogens with one attached hydrogen (secondary N) is 1. The smallest absolute Gasteiger partial charge is 0.0555 e. The summed E-state index contributed by atoms with van der Waals surface area (Å²) in [6.45, 7) is 2.15. The van der Waals surface area contributed by atoms with Crippen molar-refractivity contribution in [1.29, 1.82) is 0 Å². The zero-order valence-electron chi connectivity index (χ0n) is 9.70. The van der Waals surface area contributed by atoms with E-state index in [9.17, 15) is 0 Å². The van der Waals surface area contributed by atoms with Gasteiger partial charge in [-0.25, -0.2) is 0 Å². The summed E-state index contributed by atoms with van der Waals surface area (Å²) in [5.74, 6) is 0. The highest BCUT2D eigenvalue weighted by Gasteiger charge is 2.21. The Bertz CT molecular complexity index is 563. The molecule has 0 amide bonds. The first-order valence-corrected chi connectivity index (χ1v) is 6.63. The summed E-state index contributed by atoms with van der Waals surface area (Å²) in [5, 5.41) is 3.58. The summed E-state index contributed by atoms with van der Waals surface area (Å²) in [6, 6.07) is 15.6. The van der Waals surface area contributed by atoms with Gasteiger partial charge in [0.15, 0.2) is 0 Å². The number of rotatable bonds is 1. The van der Waals surface area contributed by atoms with Crippen LogP contribution in [-0.4, -0.2) is 0 Å². The summed E-state index contributed by atoms with van der Waals surface area (Å²) in [7, 11) is 0. The molecule has 0 saturated heterocycles. The van der Waals surface area contributed by atoms with Gasteiger partial charge in [-0.05, 0) is 42.7 Å². The minimum absolute atomic E-state index is 0.407. The van der Waals surface area contributed by atoms with E-state index in [1.807, 2.05) is 0 Å². The van der Waals surface area contributed by atoms with Crippen LogP contribution in [0.4, 0.5) is 5.69 Å². The van der Waals surface area contributed by atoms with Crippen LogP contribution in [0, 0.1) is 6.92 Å². The summed E-state index contributed by atoms with van der Waals surface area (Å²) < 4.78 is 1.14. The van der Waals surface area contributed by atoms with Gasteiger partial charge >= 0.3 is 0 Å². The van der Waals surface area contributed by atoms with Crippen LogP contribution in [0.2, 0.25) is 0 Å². The Kier molecular flexibility index (Phi) is 2.67. The molecule has 1 nitrogen and oxygen atoms in total. The summed E-state index contributed by atoms with van der Waals surface area (Å²) >= 11 is 3.53. The van der Waals surface area contributed by atoms with Gasteiger partial charge in [-0.2, -0.15) is 0 Å². The fourth-order valence-corrected chi connectivity index (χ4v) is 2.83. The second-order valence-electron chi connectivity index (χ2n) is 4.62. The number of halogens is 1. The van der Waals surface area contributed by atoms with Crippen LogP contribution in [0.1, 0.15) is 22.7 Å². The van der Waals surface area contributed by atoms with E-state index in [2.05, 4.69) is 70.6 Å². The molecule has 86 valence electrons. The SMILES string of the molecule is Cc1ccc2c(c1)CC(c1cccc(Br)c1)N2. The molecule has 1 aliphatic rings. The number of benzene rings is 2. The van der Waals surface area contributed by atoms with E-state index in [-0.39, 0.29) is 0 Å². The first-order valence-electron chi connectivity index (χ1n) is 5.84. The van der Waals surface area contributed by atoms with Gasteiger partial charge in [0.1, 0.15) is 0 Å². The van der Waals surface area contributed by atoms with Crippen molar-refractivity contribution in [3.63, 3.8) is 0 Å². The van der Waals surface area contributed by atoms with Crippen molar-refractivity contribution < 1.29 is 0 Å². The number of fused-ring (bicyclic) bond motifs is 1. The van der Waals surface area contributed by atoms with Crippen molar-refractivity contribution >= 4 is 21.6 Å². The van der Waals surface area contributed by atoms with Gasteiger partial charge in [0.05, 0.1) is 6.04 Å². The molecule has 2 heteroatoms. The molecule has 0 aliphatic carbocycles. The molecule has 0 spiro atoms. The fraction of sp³-hybridized carbons (Fsp3) is 0.200. The highest BCUT2D eigenvalue weighted by Crippen LogP contribution is 2.35.